The summed E-state index contributed by atoms with van der Waals surface area (Å²) in [6, 6.07) is 7.51. The Bertz CT molecular complexity index is 1070. The van der Waals surface area contributed by atoms with Crippen LogP contribution < -0.4 is 10.9 Å². The number of thioether (sulfide) groups is 1. The van der Waals surface area contributed by atoms with Crippen molar-refractivity contribution in [3.63, 3.8) is 0 Å². The van der Waals surface area contributed by atoms with Crippen molar-refractivity contribution in [1.29, 1.82) is 0 Å². The second kappa shape index (κ2) is 9.73. The third-order valence-corrected chi connectivity index (χ3v) is 5.70. The maximum atomic E-state index is 12.8. The van der Waals surface area contributed by atoms with E-state index in [0.29, 0.717) is 22.9 Å². The number of nitrogens with zero attached hydrogens (tertiary/aromatic N) is 4. The maximum Gasteiger partial charge on any atom is 0.263 e. The van der Waals surface area contributed by atoms with Crippen molar-refractivity contribution >= 4 is 34.3 Å². The highest BCUT2D eigenvalue weighted by atomic mass is 32.2. The lowest BCUT2D eigenvalue weighted by atomic mass is 10.1. The molecule has 8 heteroatoms. The summed E-state index contributed by atoms with van der Waals surface area (Å²) >= 11 is 1.32. The van der Waals surface area contributed by atoms with Gasteiger partial charge in [-0.1, -0.05) is 56.2 Å². The van der Waals surface area contributed by atoms with Gasteiger partial charge in [-0.2, -0.15) is 0 Å². The molecule has 0 aliphatic rings. The standard InChI is InChI=1S/C21H27N5O2S/c1-4-6-7-10-15(3)22-18(27)14-29-21-24-23-20-25(13-5-2)19(28)16-11-8-9-12-17(16)26(20)21/h5,8-9,11-12,15H,2,4,6-7,10,13-14H2,1,3H3,(H,22,27). The number of benzene rings is 1. The van der Waals surface area contributed by atoms with E-state index < -0.39 is 0 Å². The zero-order valence-electron chi connectivity index (χ0n) is 16.9. The average molecular weight is 414 g/mol. The molecule has 3 aromatic rings. The molecule has 0 bridgehead atoms. The number of carbonyl (C=O) groups is 1. The SMILES string of the molecule is C=CCn1c(=O)c2ccccc2n2c(SCC(=O)NC(C)CCCCC)nnc12. The topological polar surface area (TPSA) is 81.3 Å². The summed E-state index contributed by atoms with van der Waals surface area (Å²) in [5.41, 5.74) is 0.601. The van der Waals surface area contributed by atoms with E-state index in [2.05, 4.69) is 29.0 Å². The largest absolute Gasteiger partial charge is 0.353 e. The van der Waals surface area contributed by atoms with Crippen LogP contribution in [0.25, 0.3) is 16.7 Å². The summed E-state index contributed by atoms with van der Waals surface area (Å²) in [6.45, 7) is 8.27. The minimum Gasteiger partial charge on any atom is -0.353 e. The first kappa shape index (κ1) is 21.1. The van der Waals surface area contributed by atoms with Gasteiger partial charge in [0, 0.05) is 12.6 Å². The Hall–Kier alpha value is -2.61. The molecule has 7 nitrogen and oxygen atoms in total. The van der Waals surface area contributed by atoms with Crippen molar-refractivity contribution in [2.24, 2.45) is 0 Å². The summed E-state index contributed by atoms with van der Waals surface area (Å²) in [7, 11) is 0. The Morgan fingerprint density at radius 3 is 2.86 bits per heavy atom. The molecule has 1 atom stereocenters. The molecule has 1 amide bonds. The Labute approximate surface area is 174 Å². The highest BCUT2D eigenvalue weighted by molar-refractivity contribution is 7.99. The van der Waals surface area contributed by atoms with Gasteiger partial charge in [0.2, 0.25) is 11.7 Å². The first-order chi connectivity index (χ1) is 14.1. The van der Waals surface area contributed by atoms with E-state index >= 15 is 0 Å². The summed E-state index contributed by atoms with van der Waals surface area (Å²) in [4.78, 5) is 25.1. The van der Waals surface area contributed by atoms with E-state index in [1.807, 2.05) is 29.5 Å². The van der Waals surface area contributed by atoms with E-state index in [1.54, 1.807) is 16.7 Å². The summed E-state index contributed by atoms with van der Waals surface area (Å²) in [5, 5.41) is 12.7. The molecule has 1 aromatic carbocycles. The molecule has 1 N–H and O–H groups in total. The van der Waals surface area contributed by atoms with Crippen molar-refractivity contribution < 1.29 is 4.79 Å². The Balaban J connectivity index is 1.83. The third kappa shape index (κ3) is 4.70. The van der Waals surface area contributed by atoms with Crippen LogP contribution in [0.15, 0.2) is 46.9 Å². The van der Waals surface area contributed by atoms with Crippen molar-refractivity contribution in [2.75, 3.05) is 5.75 Å². The molecule has 29 heavy (non-hydrogen) atoms. The number of hydrogen-bond acceptors (Lipinski definition) is 5. The van der Waals surface area contributed by atoms with Gasteiger partial charge in [0.1, 0.15) is 0 Å². The van der Waals surface area contributed by atoms with Crippen LogP contribution in [-0.4, -0.2) is 36.9 Å². The third-order valence-electron chi connectivity index (χ3n) is 4.77. The quantitative estimate of drug-likeness (QED) is 0.313. The monoisotopic (exact) mass is 413 g/mol. The predicted octanol–water partition coefficient (Wildman–Crippen LogP) is 3.41. The Morgan fingerprint density at radius 1 is 1.31 bits per heavy atom. The van der Waals surface area contributed by atoms with Crippen molar-refractivity contribution in [2.45, 2.75) is 57.3 Å². The number of rotatable bonds is 10. The summed E-state index contributed by atoms with van der Waals surface area (Å²) in [6.07, 6.45) is 6.11. The Kier molecular flexibility index (Phi) is 7.09. The molecule has 0 aliphatic heterocycles. The first-order valence-corrected chi connectivity index (χ1v) is 10.9. The molecule has 0 fully saturated rings. The van der Waals surface area contributed by atoms with Gasteiger partial charge in [0.05, 0.1) is 16.7 Å². The minimum absolute atomic E-state index is 0.0283. The zero-order chi connectivity index (χ0) is 20.8. The lowest BCUT2D eigenvalue weighted by Crippen LogP contribution is -2.33. The van der Waals surface area contributed by atoms with E-state index in [4.69, 9.17) is 0 Å². The van der Waals surface area contributed by atoms with Crippen LogP contribution in [0.4, 0.5) is 0 Å². The second-order valence-corrected chi connectivity index (χ2v) is 8.04. The van der Waals surface area contributed by atoms with Crippen LogP contribution in [0.3, 0.4) is 0 Å². The van der Waals surface area contributed by atoms with Gasteiger partial charge < -0.3 is 5.32 Å². The number of fused-ring (bicyclic) bond motifs is 3. The van der Waals surface area contributed by atoms with Crippen LogP contribution in [0, 0.1) is 0 Å². The summed E-state index contributed by atoms with van der Waals surface area (Å²) < 4.78 is 3.38. The minimum atomic E-state index is -0.129. The fourth-order valence-corrected chi connectivity index (χ4v) is 4.09. The Morgan fingerprint density at radius 2 is 2.10 bits per heavy atom. The van der Waals surface area contributed by atoms with Gasteiger partial charge >= 0.3 is 0 Å². The van der Waals surface area contributed by atoms with E-state index in [9.17, 15) is 9.59 Å². The van der Waals surface area contributed by atoms with Gasteiger partial charge in [-0.25, -0.2) is 0 Å². The van der Waals surface area contributed by atoms with E-state index in [0.717, 1.165) is 18.4 Å². The molecule has 0 aliphatic carbocycles. The smallest absolute Gasteiger partial charge is 0.263 e. The fourth-order valence-electron chi connectivity index (χ4n) is 3.34. The maximum absolute atomic E-state index is 12.8. The van der Waals surface area contributed by atoms with Crippen molar-refractivity contribution in [3.8, 4) is 0 Å². The lowest BCUT2D eigenvalue weighted by molar-refractivity contribution is -0.119. The molecule has 2 aromatic heterocycles. The van der Waals surface area contributed by atoms with Gasteiger partial charge in [-0.3, -0.25) is 18.6 Å². The number of para-hydroxylation sites is 1. The molecule has 0 saturated carbocycles. The van der Waals surface area contributed by atoms with Crippen LogP contribution >= 0.6 is 11.8 Å². The number of allylic oxidation sites excluding steroid dienone is 1. The van der Waals surface area contributed by atoms with Crippen LogP contribution in [-0.2, 0) is 11.3 Å². The number of amides is 1. The molecule has 2 heterocycles. The van der Waals surface area contributed by atoms with Crippen molar-refractivity contribution in [1.82, 2.24) is 24.5 Å². The molecular weight excluding hydrogens is 386 g/mol. The number of nitrogens with one attached hydrogen (secondary N) is 1. The molecule has 154 valence electrons. The molecular formula is C21H27N5O2S. The van der Waals surface area contributed by atoms with Gasteiger partial charge in [0.25, 0.3) is 5.56 Å². The number of unbranched alkanes of at least 4 members (excludes halogenated alkanes) is 2. The molecule has 1 unspecified atom stereocenters. The molecule has 0 spiro atoms. The lowest BCUT2D eigenvalue weighted by Gasteiger charge is -2.13. The number of aromatic nitrogens is 4. The van der Waals surface area contributed by atoms with Gasteiger partial charge in [0.15, 0.2) is 5.16 Å². The summed E-state index contributed by atoms with van der Waals surface area (Å²) in [5.74, 6) is 0.664. The van der Waals surface area contributed by atoms with E-state index in [1.165, 1.54) is 24.6 Å². The van der Waals surface area contributed by atoms with Gasteiger partial charge in [-0.05, 0) is 25.5 Å². The van der Waals surface area contributed by atoms with Crippen molar-refractivity contribution in [3.05, 3.63) is 47.3 Å². The highest BCUT2D eigenvalue weighted by Gasteiger charge is 2.17. The van der Waals surface area contributed by atoms with Gasteiger partial charge in [-0.15, -0.1) is 16.8 Å². The molecule has 0 radical (unpaired) electrons. The zero-order valence-corrected chi connectivity index (χ0v) is 17.7. The number of carbonyl (C=O) groups excluding carboxylic acids is 1. The second-order valence-electron chi connectivity index (χ2n) is 7.09. The fraction of sp³-hybridized carbons (Fsp3) is 0.429. The number of hydrogen-bond donors (Lipinski definition) is 1. The predicted molar refractivity (Wildman–Crippen MR) is 117 cm³/mol. The normalized spacial score (nSPS) is 12.3. The molecule has 3 rings (SSSR count). The average Bonchev–Trinajstić information content (AvgIpc) is 3.14. The van der Waals surface area contributed by atoms with E-state index in [-0.39, 0.29) is 23.3 Å². The van der Waals surface area contributed by atoms with Crippen LogP contribution in [0.5, 0.6) is 0 Å². The molecule has 0 saturated heterocycles. The first-order valence-electron chi connectivity index (χ1n) is 9.96. The highest BCUT2D eigenvalue weighted by Crippen LogP contribution is 2.21. The van der Waals surface area contributed by atoms with Crippen LogP contribution in [0.2, 0.25) is 0 Å². The van der Waals surface area contributed by atoms with Crippen LogP contribution in [0.1, 0.15) is 39.5 Å².